The van der Waals surface area contributed by atoms with Crippen molar-refractivity contribution < 1.29 is 23.8 Å². The van der Waals surface area contributed by atoms with Crippen LogP contribution in [0.25, 0.3) is 0 Å². The highest BCUT2D eigenvalue weighted by Crippen LogP contribution is 2.45. The summed E-state index contributed by atoms with van der Waals surface area (Å²) in [5.74, 6) is 0.270. The van der Waals surface area contributed by atoms with Gasteiger partial charge in [-0.05, 0) is 130 Å². The van der Waals surface area contributed by atoms with Gasteiger partial charge in [0.1, 0.15) is 17.1 Å². The summed E-state index contributed by atoms with van der Waals surface area (Å²) in [6.07, 6.45) is 20.2. The summed E-state index contributed by atoms with van der Waals surface area (Å²) in [4.78, 5) is 24.8. The fourth-order valence-corrected chi connectivity index (χ4v) is 5.52. The maximum atomic E-state index is 12.6. The summed E-state index contributed by atoms with van der Waals surface area (Å²) in [5, 5.41) is 2.95. The van der Waals surface area contributed by atoms with Gasteiger partial charge in [0.25, 0.3) is 0 Å². The number of rotatable bonds is 13. The molecule has 2 aliphatic rings. The van der Waals surface area contributed by atoms with Gasteiger partial charge in [-0.15, -0.1) is 0 Å². The molecule has 0 saturated heterocycles. The highest BCUT2D eigenvalue weighted by molar-refractivity contribution is 5.93. The fourth-order valence-electron chi connectivity index (χ4n) is 5.52. The van der Waals surface area contributed by atoms with Gasteiger partial charge in [-0.2, -0.15) is 0 Å². The monoisotopic (exact) mass is 589 g/mol. The third kappa shape index (κ3) is 10.0. The topological polar surface area (TPSA) is 73.9 Å². The lowest BCUT2D eigenvalue weighted by molar-refractivity contribution is -0.150. The van der Waals surface area contributed by atoms with Crippen LogP contribution in [0.1, 0.15) is 102 Å². The van der Waals surface area contributed by atoms with Gasteiger partial charge in [0, 0.05) is 18.3 Å². The van der Waals surface area contributed by atoms with Crippen molar-refractivity contribution in [2.45, 2.75) is 112 Å². The molecule has 1 N–H and O–H groups in total. The van der Waals surface area contributed by atoms with Gasteiger partial charge in [0.15, 0.2) is 6.61 Å². The van der Waals surface area contributed by atoms with E-state index in [1.807, 2.05) is 26.8 Å². The number of dihydropyridines is 1. The lowest BCUT2D eigenvalue weighted by Gasteiger charge is -2.38. The van der Waals surface area contributed by atoms with Crippen molar-refractivity contribution >= 4 is 11.9 Å². The van der Waals surface area contributed by atoms with E-state index in [-0.39, 0.29) is 5.60 Å². The molecule has 6 heteroatoms. The number of hydrogen-bond donors (Lipinski definition) is 1. The average Bonchev–Trinajstić information content (AvgIpc) is 2.97. The van der Waals surface area contributed by atoms with E-state index in [2.05, 4.69) is 58.2 Å². The normalized spacial score (nSPS) is 18.2. The molecule has 3 rings (SSSR count). The number of allylic oxidation sites excluding steroid dienone is 6. The second kappa shape index (κ2) is 15.8. The van der Waals surface area contributed by atoms with Crippen molar-refractivity contribution in [3.05, 3.63) is 81.1 Å². The number of carbonyl (C=O) groups excluding carboxylic acids is 2. The lowest BCUT2D eigenvalue weighted by atomic mass is 9.85. The van der Waals surface area contributed by atoms with E-state index in [1.54, 1.807) is 12.3 Å². The standard InChI is InChI=1S/C37H51NO5/c1-25(2)13-9-14-26(3)15-10-16-27(4)17-11-20-37(8)21-19-32-30(7)34(28(5)29(6)35(32)43-37)42-33(39)24-41-36(40)31-18-12-22-38-23-31/h12-13,15,17-18,23,38H,9-11,14,16,19-22,24H2,1-8H3/b26-15+,27-17+/t37-/m1/s1. The number of ether oxygens (including phenoxy) is 3. The molecule has 0 fully saturated rings. The van der Waals surface area contributed by atoms with Crippen molar-refractivity contribution in [1.29, 1.82) is 0 Å². The quantitative estimate of drug-likeness (QED) is 0.142. The first kappa shape index (κ1) is 34.0. The Balaban J connectivity index is 1.55. The van der Waals surface area contributed by atoms with E-state index in [9.17, 15) is 9.59 Å². The Bertz CT molecular complexity index is 1340. The molecule has 0 unspecified atom stereocenters. The van der Waals surface area contributed by atoms with Crippen molar-refractivity contribution in [3.63, 3.8) is 0 Å². The molecular formula is C37H51NO5. The molecule has 2 heterocycles. The van der Waals surface area contributed by atoms with Gasteiger partial charge in [-0.1, -0.05) is 41.0 Å². The zero-order valence-electron chi connectivity index (χ0n) is 27.6. The molecule has 0 amide bonds. The maximum absolute atomic E-state index is 12.6. The van der Waals surface area contributed by atoms with Gasteiger partial charge < -0.3 is 19.5 Å². The molecule has 1 aromatic carbocycles. The minimum Gasteiger partial charge on any atom is -0.487 e. The Kier molecular flexibility index (Phi) is 12.5. The predicted octanol–water partition coefficient (Wildman–Crippen LogP) is 8.39. The Morgan fingerprint density at radius 1 is 0.953 bits per heavy atom. The Hall–Kier alpha value is -3.54. The molecule has 0 spiro atoms. The molecule has 0 aromatic heterocycles. The van der Waals surface area contributed by atoms with E-state index in [0.29, 0.717) is 17.9 Å². The molecule has 2 aliphatic heterocycles. The zero-order chi connectivity index (χ0) is 31.6. The van der Waals surface area contributed by atoms with Crippen LogP contribution in [0.5, 0.6) is 11.5 Å². The van der Waals surface area contributed by atoms with Crippen LogP contribution < -0.4 is 14.8 Å². The summed E-state index contributed by atoms with van der Waals surface area (Å²) in [6.45, 7) is 17.1. The molecule has 43 heavy (non-hydrogen) atoms. The van der Waals surface area contributed by atoms with Crippen LogP contribution >= 0.6 is 0 Å². The largest absolute Gasteiger partial charge is 0.487 e. The van der Waals surface area contributed by atoms with Gasteiger partial charge in [-0.25, -0.2) is 9.59 Å². The van der Waals surface area contributed by atoms with Crippen LogP contribution in [0.3, 0.4) is 0 Å². The van der Waals surface area contributed by atoms with Crippen molar-refractivity contribution in [2.75, 3.05) is 13.2 Å². The Morgan fingerprint density at radius 3 is 2.28 bits per heavy atom. The smallest absolute Gasteiger partial charge is 0.349 e. The maximum Gasteiger partial charge on any atom is 0.349 e. The lowest BCUT2D eigenvalue weighted by Crippen LogP contribution is -2.37. The van der Waals surface area contributed by atoms with Gasteiger partial charge in [0.05, 0.1) is 5.57 Å². The van der Waals surface area contributed by atoms with Crippen molar-refractivity contribution in [2.24, 2.45) is 0 Å². The summed E-state index contributed by atoms with van der Waals surface area (Å²) in [6, 6.07) is 0. The number of hydrogen-bond acceptors (Lipinski definition) is 6. The van der Waals surface area contributed by atoms with Crippen molar-refractivity contribution in [1.82, 2.24) is 5.32 Å². The van der Waals surface area contributed by atoms with Crippen LogP contribution in [0.2, 0.25) is 0 Å². The third-order valence-corrected chi connectivity index (χ3v) is 8.42. The Morgan fingerprint density at radius 2 is 1.63 bits per heavy atom. The molecule has 234 valence electrons. The average molecular weight is 590 g/mol. The first-order valence-electron chi connectivity index (χ1n) is 15.6. The number of esters is 2. The summed E-state index contributed by atoms with van der Waals surface area (Å²) in [7, 11) is 0. The van der Waals surface area contributed by atoms with Crippen LogP contribution in [-0.2, 0) is 20.7 Å². The van der Waals surface area contributed by atoms with Crippen LogP contribution in [0, 0.1) is 20.8 Å². The molecule has 0 saturated carbocycles. The second-order valence-corrected chi connectivity index (χ2v) is 12.5. The summed E-state index contributed by atoms with van der Waals surface area (Å²) in [5.41, 5.74) is 8.24. The fraction of sp³-hybridized carbons (Fsp3) is 0.514. The third-order valence-electron chi connectivity index (χ3n) is 8.42. The molecule has 0 bridgehead atoms. The molecular weight excluding hydrogens is 538 g/mol. The van der Waals surface area contributed by atoms with E-state index >= 15 is 0 Å². The number of carbonyl (C=O) groups is 2. The van der Waals surface area contributed by atoms with E-state index in [1.165, 1.54) is 16.7 Å². The first-order chi connectivity index (χ1) is 20.4. The minimum atomic E-state index is -0.606. The number of nitrogens with one attached hydrogen (secondary N) is 1. The predicted molar refractivity (Wildman–Crippen MR) is 174 cm³/mol. The van der Waals surface area contributed by atoms with Gasteiger partial charge in [0.2, 0.25) is 0 Å². The van der Waals surface area contributed by atoms with Crippen molar-refractivity contribution in [3.8, 4) is 11.5 Å². The second-order valence-electron chi connectivity index (χ2n) is 12.5. The molecule has 6 nitrogen and oxygen atoms in total. The van der Waals surface area contributed by atoms with E-state index in [0.717, 1.165) is 79.4 Å². The molecule has 0 radical (unpaired) electrons. The minimum absolute atomic E-state index is 0.252. The number of fused-ring (bicyclic) bond motifs is 1. The summed E-state index contributed by atoms with van der Waals surface area (Å²) >= 11 is 0. The molecule has 0 aliphatic carbocycles. The first-order valence-corrected chi connectivity index (χ1v) is 15.6. The van der Waals surface area contributed by atoms with E-state index in [4.69, 9.17) is 14.2 Å². The SMILES string of the molecule is CC(C)=CCC/C(C)=C/CC/C(C)=C/CC[C@]1(C)CCc2c(C)c(OC(=O)COC(=O)C3=CNCC=C3)c(C)c(C)c2O1. The molecule has 1 atom stereocenters. The Labute approximate surface area is 258 Å². The number of benzene rings is 1. The molecule has 1 aromatic rings. The zero-order valence-corrected chi connectivity index (χ0v) is 27.6. The van der Waals surface area contributed by atoms with Crippen LogP contribution in [0.15, 0.2) is 58.9 Å². The summed E-state index contributed by atoms with van der Waals surface area (Å²) < 4.78 is 17.6. The van der Waals surface area contributed by atoms with Gasteiger partial charge in [-0.3, -0.25) is 0 Å². The van der Waals surface area contributed by atoms with Gasteiger partial charge >= 0.3 is 11.9 Å². The van der Waals surface area contributed by atoms with E-state index < -0.39 is 18.5 Å². The van der Waals surface area contributed by atoms with Crippen LogP contribution in [-0.4, -0.2) is 30.7 Å². The van der Waals surface area contributed by atoms with Crippen LogP contribution in [0.4, 0.5) is 0 Å². The highest BCUT2D eigenvalue weighted by atomic mass is 16.6. The highest BCUT2D eigenvalue weighted by Gasteiger charge is 2.34.